The van der Waals surface area contributed by atoms with Crippen molar-refractivity contribution >= 4 is 13.5 Å². The van der Waals surface area contributed by atoms with Crippen molar-refractivity contribution < 1.29 is 22.1 Å². The van der Waals surface area contributed by atoms with Gasteiger partial charge in [0.05, 0.1) is 0 Å². The maximum atomic E-state index is 9.75. The first-order valence-electron chi connectivity index (χ1n) is 1.58. The van der Waals surface area contributed by atoms with Crippen molar-refractivity contribution in [2.24, 2.45) is 0 Å². The summed E-state index contributed by atoms with van der Waals surface area (Å²) in [6.07, 6.45) is 1.50. The zero-order chi connectivity index (χ0) is 7.21. The van der Waals surface area contributed by atoms with E-state index in [4.69, 9.17) is 4.79 Å². The molecular formula is C2H3BF4O. The molecule has 0 spiro atoms. The molecule has 1 nitrogen and oxygen atoms in total. The van der Waals surface area contributed by atoms with Crippen molar-refractivity contribution in [3.05, 3.63) is 0 Å². The van der Waals surface area contributed by atoms with Gasteiger partial charge in [0.2, 0.25) is 6.92 Å². The summed E-state index contributed by atoms with van der Waals surface area (Å²) in [5.74, 6) is 0. The molecule has 0 saturated carbocycles. The highest BCUT2D eigenvalue weighted by Crippen LogP contribution is 2.06. The molecule has 0 amide bonds. The van der Waals surface area contributed by atoms with Crippen LogP contribution in [-0.2, 0) is 4.79 Å². The maximum Gasteiger partial charge on any atom is 0.673 e. The number of hydrogen-bond donors (Lipinski definition) is 0. The van der Waals surface area contributed by atoms with E-state index < -0.39 is 7.25 Å². The SMILES string of the molecule is C[C+]=O.F[B-](F)(F)F. The molecule has 0 radical (unpaired) electrons. The van der Waals surface area contributed by atoms with E-state index in [9.17, 15) is 17.3 Å². The average molecular weight is 130 g/mol. The smallest absolute Gasteiger partial charge is 0.418 e. The molecule has 0 atom stereocenters. The topological polar surface area (TPSA) is 17.1 Å². The summed E-state index contributed by atoms with van der Waals surface area (Å²) >= 11 is 0. The van der Waals surface area contributed by atoms with Gasteiger partial charge in [0.15, 0.2) is 0 Å². The lowest BCUT2D eigenvalue weighted by Gasteiger charge is -1.94. The molecular weight excluding hydrogens is 127 g/mol. The van der Waals surface area contributed by atoms with Crippen LogP contribution in [0.2, 0.25) is 0 Å². The molecule has 48 valence electrons. The van der Waals surface area contributed by atoms with E-state index in [1.54, 1.807) is 0 Å². The Bertz CT molecular complexity index is 53.5. The minimum absolute atomic E-state index is 1.32. The third-order valence-electron chi connectivity index (χ3n) is 0. The first-order valence-corrected chi connectivity index (χ1v) is 1.58. The normalized spacial score (nSPS) is 8.62. The van der Waals surface area contributed by atoms with Crippen molar-refractivity contribution in [3.63, 3.8) is 0 Å². The fourth-order valence-electron chi connectivity index (χ4n) is 0. The second-order valence-electron chi connectivity index (χ2n) is 0.699. The van der Waals surface area contributed by atoms with E-state index in [2.05, 4.69) is 0 Å². The summed E-state index contributed by atoms with van der Waals surface area (Å²) < 4.78 is 39.0. The predicted octanol–water partition coefficient (Wildman–Crippen LogP) is 1.42. The highest BCUT2D eigenvalue weighted by molar-refractivity contribution is 6.50. The zero-order valence-corrected chi connectivity index (χ0v) is 4.00. The Hall–Kier alpha value is -0.635. The second kappa shape index (κ2) is 4.52. The Morgan fingerprint density at radius 3 is 1.25 bits per heavy atom. The van der Waals surface area contributed by atoms with Crippen LogP contribution in [0.3, 0.4) is 0 Å². The lowest BCUT2D eigenvalue weighted by molar-refractivity contribution is 0.368. The van der Waals surface area contributed by atoms with E-state index in [1.807, 2.05) is 0 Å². The van der Waals surface area contributed by atoms with Gasteiger partial charge < -0.3 is 17.3 Å². The lowest BCUT2D eigenvalue weighted by Crippen LogP contribution is -2.02. The molecule has 0 rings (SSSR count). The fraction of sp³-hybridized carbons (Fsp3) is 0.500. The first-order chi connectivity index (χ1) is 3.41. The molecule has 0 unspecified atom stereocenters. The Morgan fingerprint density at radius 2 is 1.25 bits per heavy atom. The Morgan fingerprint density at radius 1 is 1.25 bits per heavy atom. The average Bonchev–Trinajstić information content (AvgIpc) is 1.27. The molecule has 8 heavy (non-hydrogen) atoms. The van der Waals surface area contributed by atoms with Gasteiger partial charge in [0.25, 0.3) is 0 Å². The van der Waals surface area contributed by atoms with E-state index in [-0.39, 0.29) is 0 Å². The molecule has 0 heterocycles. The number of hydrogen-bond acceptors (Lipinski definition) is 1. The summed E-state index contributed by atoms with van der Waals surface area (Å²) in [5, 5.41) is 0. The minimum atomic E-state index is -6.00. The Balaban J connectivity index is 0. The Labute approximate surface area is 43.8 Å². The van der Waals surface area contributed by atoms with Crippen molar-refractivity contribution in [2.45, 2.75) is 6.92 Å². The highest BCUT2D eigenvalue weighted by Gasteiger charge is 2.20. The van der Waals surface area contributed by atoms with Crippen molar-refractivity contribution in [1.82, 2.24) is 0 Å². The fourth-order valence-corrected chi connectivity index (χ4v) is 0. The summed E-state index contributed by atoms with van der Waals surface area (Å²) in [7, 11) is -6.00. The number of rotatable bonds is 0. The van der Waals surface area contributed by atoms with Gasteiger partial charge in [-0.15, -0.1) is 0 Å². The second-order valence-corrected chi connectivity index (χ2v) is 0.699. The first kappa shape index (κ1) is 10.4. The Kier molecular flexibility index (Phi) is 5.86. The zero-order valence-electron chi connectivity index (χ0n) is 4.00. The molecule has 0 fully saturated rings. The van der Waals surface area contributed by atoms with Crippen LogP contribution in [0.1, 0.15) is 6.92 Å². The van der Waals surface area contributed by atoms with Crippen LogP contribution >= 0.6 is 0 Å². The lowest BCUT2D eigenvalue weighted by atomic mass is 10.3. The van der Waals surface area contributed by atoms with Crippen LogP contribution in [0.25, 0.3) is 0 Å². The molecule has 0 aromatic rings. The van der Waals surface area contributed by atoms with E-state index in [0.29, 0.717) is 0 Å². The number of carbonyl (C=O) groups excluding carboxylic acids is 1. The van der Waals surface area contributed by atoms with E-state index in [0.717, 1.165) is 0 Å². The summed E-state index contributed by atoms with van der Waals surface area (Å²) in [6.45, 7) is 1.32. The molecule has 0 bridgehead atoms. The molecule has 6 heteroatoms. The number of halogens is 4. The molecule has 0 saturated heterocycles. The van der Waals surface area contributed by atoms with Gasteiger partial charge in [-0.05, 0) is 0 Å². The van der Waals surface area contributed by atoms with Gasteiger partial charge in [-0.25, -0.2) is 0 Å². The van der Waals surface area contributed by atoms with Gasteiger partial charge in [-0.3, -0.25) is 0 Å². The minimum Gasteiger partial charge on any atom is -0.418 e. The maximum absolute atomic E-state index is 9.75. The summed E-state index contributed by atoms with van der Waals surface area (Å²) in [5.41, 5.74) is 0. The molecule has 0 aliphatic rings. The van der Waals surface area contributed by atoms with E-state index in [1.165, 1.54) is 13.2 Å². The predicted molar refractivity (Wildman–Crippen MR) is 21.6 cm³/mol. The quantitative estimate of drug-likeness (QED) is 0.275. The largest absolute Gasteiger partial charge is 0.673 e. The van der Waals surface area contributed by atoms with Crippen LogP contribution in [0.15, 0.2) is 0 Å². The van der Waals surface area contributed by atoms with Crippen LogP contribution in [0.4, 0.5) is 17.3 Å². The molecule has 0 aromatic heterocycles. The van der Waals surface area contributed by atoms with Crippen LogP contribution in [-0.4, -0.2) is 13.5 Å². The van der Waals surface area contributed by atoms with Gasteiger partial charge in [-0.2, -0.15) is 0 Å². The van der Waals surface area contributed by atoms with Crippen molar-refractivity contribution in [1.29, 1.82) is 0 Å². The highest BCUT2D eigenvalue weighted by atomic mass is 19.5. The molecule has 0 aliphatic carbocycles. The summed E-state index contributed by atoms with van der Waals surface area (Å²) in [4.78, 5) is 8.68. The van der Waals surface area contributed by atoms with Gasteiger partial charge >= 0.3 is 13.5 Å². The molecule has 0 aliphatic heterocycles. The third kappa shape index (κ3) is 253. The monoisotopic (exact) mass is 130 g/mol. The third-order valence-corrected chi connectivity index (χ3v) is 0. The standard InChI is InChI=1S/C2H3O.BF4/c1-2-3;2-1(3,4)5/h1H3;/q+1;-1. The van der Waals surface area contributed by atoms with Crippen molar-refractivity contribution in [2.75, 3.05) is 0 Å². The van der Waals surface area contributed by atoms with E-state index >= 15 is 0 Å². The van der Waals surface area contributed by atoms with Crippen LogP contribution in [0, 0.1) is 0 Å². The van der Waals surface area contributed by atoms with Gasteiger partial charge in [0, 0.05) is 4.79 Å². The summed E-state index contributed by atoms with van der Waals surface area (Å²) in [6, 6.07) is 0. The molecule has 0 aromatic carbocycles. The molecule has 0 N–H and O–H groups in total. The van der Waals surface area contributed by atoms with Gasteiger partial charge in [0.1, 0.15) is 0 Å². The van der Waals surface area contributed by atoms with Crippen LogP contribution in [0.5, 0.6) is 0 Å². The van der Waals surface area contributed by atoms with Gasteiger partial charge in [-0.1, -0.05) is 0 Å². The van der Waals surface area contributed by atoms with Crippen LogP contribution < -0.4 is 0 Å². The van der Waals surface area contributed by atoms with Crippen molar-refractivity contribution in [3.8, 4) is 0 Å².